The molecule has 0 saturated carbocycles. The molecule has 0 aliphatic carbocycles. The summed E-state index contributed by atoms with van der Waals surface area (Å²) in [5.74, 6) is 0.335. The molecule has 19 heavy (non-hydrogen) atoms. The van der Waals surface area contributed by atoms with E-state index in [2.05, 4.69) is 5.32 Å². The molecular formula is C14H21NO3S. The molecule has 1 aromatic carbocycles. The number of aliphatic carboxylic acids is 1. The van der Waals surface area contributed by atoms with Crippen molar-refractivity contribution < 1.29 is 15.0 Å². The van der Waals surface area contributed by atoms with Gasteiger partial charge in [-0.2, -0.15) is 11.8 Å². The number of aliphatic hydroxyl groups is 1. The number of hydrogen-bond acceptors (Lipinski definition) is 4. The van der Waals surface area contributed by atoms with Gasteiger partial charge in [0.15, 0.2) is 5.54 Å². The highest BCUT2D eigenvalue weighted by Gasteiger charge is 2.39. The predicted molar refractivity (Wildman–Crippen MR) is 78.5 cm³/mol. The van der Waals surface area contributed by atoms with Crippen molar-refractivity contribution in [3.8, 4) is 0 Å². The van der Waals surface area contributed by atoms with Crippen LogP contribution in [0.3, 0.4) is 0 Å². The quantitative estimate of drug-likeness (QED) is 0.602. The fraction of sp³-hybridized carbons (Fsp3) is 0.500. The monoisotopic (exact) mass is 283 g/mol. The number of nitrogens with one attached hydrogen (secondary N) is 1. The minimum absolute atomic E-state index is 0.139. The topological polar surface area (TPSA) is 69.6 Å². The molecular weight excluding hydrogens is 262 g/mol. The van der Waals surface area contributed by atoms with E-state index in [1.165, 1.54) is 0 Å². The zero-order chi connectivity index (χ0) is 14.1. The van der Waals surface area contributed by atoms with Crippen molar-refractivity contribution in [2.45, 2.75) is 18.9 Å². The Labute approximate surface area is 118 Å². The zero-order valence-electron chi connectivity index (χ0n) is 11.1. The second kappa shape index (κ2) is 8.19. The van der Waals surface area contributed by atoms with Crippen LogP contribution in [0.5, 0.6) is 0 Å². The van der Waals surface area contributed by atoms with Crippen molar-refractivity contribution in [2.75, 3.05) is 24.7 Å². The first kappa shape index (κ1) is 16.0. The highest BCUT2D eigenvalue weighted by Crippen LogP contribution is 2.26. The molecule has 3 N–H and O–H groups in total. The first-order valence-electron chi connectivity index (χ1n) is 6.40. The Morgan fingerprint density at radius 3 is 2.58 bits per heavy atom. The van der Waals surface area contributed by atoms with Crippen LogP contribution in [0.2, 0.25) is 0 Å². The first-order chi connectivity index (χ1) is 9.17. The second-order valence-corrected chi connectivity index (χ2v) is 5.34. The van der Waals surface area contributed by atoms with Crippen LogP contribution in [0.15, 0.2) is 30.3 Å². The standard InChI is InChI=1S/C14H21NO3S/c1-2-15-14(13(17)18,11-19-10-6-9-16)12-7-4-3-5-8-12/h3-5,7-8,15-16H,2,6,9-11H2,1H3,(H,17,18). The van der Waals surface area contributed by atoms with Crippen molar-refractivity contribution in [2.24, 2.45) is 0 Å². The van der Waals surface area contributed by atoms with Gasteiger partial charge >= 0.3 is 5.97 Å². The molecule has 0 aliphatic rings. The highest BCUT2D eigenvalue weighted by molar-refractivity contribution is 7.99. The van der Waals surface area contributed by atoms with Gasteiger partial charge in [-0.15, -0.1) is 0 Å². The number of carbonyl (C=O) groups is 1. The summed E-state index contributed by atoms with van der Waals surface area (Å²) in [6, 6.07) is 9.25. The first-order valence-corrected chi connectivity index (χ1v) is 7.55. The number of thioether (sulfide) groups is 1. The molecule has 0 spiro atoms. The van der Waals surface area contributed by atoms with Crippen LogP contribution in [0.1, 0.15) is 18.9 Å². The van der Waals surface area contributed by atoms with E-state index in [1.54, 1.807) is 11.8 Å². The second-order valence-electron chi connectivity index (χ2n) is 4.24. The van der Waals surface area contributed by atoms with Crippen LogP contribution >= 0.6 is 11.8 Å². The van der Waals surface area contributed by atoms with E-state index >= 15 is 0 Å². The summed E-state index contributed by atoms with van der Waals surface area (Å²) in [4.78, 5) is 11.8. The molecule has 1 rings (SSSR count). The van der Waals surface area contributed by atoms with Crippen molar-refractivity contribution in [3.63, 3.8) is 0 Å². The number of carboxylic acids is 1. The third-order valence-corrected chi connectivity index (χ3v) is 4.09. The number of rotatable bonds is 9. The third-order valence-electron chi connectivity index (χ3n) is 2.88. The summed E-state index contributed by atoms with van der Waals surface area (Å²) in [5.41, 5.74) is -0.295. The van der Waals surface area contributed by atoms with Gasteiger partial charge in [-0.1, -0.05) is 37.3 Å². The Bertz CT molecular complexity index is 386. The van der Waals surface area contributed by atoms with Gasteiger partial charge in [0.25, 0.3) is 0 Å². The molecule has 0 aliphatic heterocycles. The fourth-order valence-electron chi connectivity index (χ4n) is 1.91. The number of aliphatic hydroxyl groups excluding tert-OH is 1. The molecule has 0 fully saturated rings. The summed E-state index contributed by atoms with van der Waals surface area (Å²) in [7, 11) is 0. The summed E-state index contributed by atoms with van der Waals surface area (Å²) < 4.78 is 0. The Morgan fingerprint density at radius 1 is 1.37 bits per heavy atom. The average Bonchev–Trinajstić information content (AvgIpc) is 2.43. The number of likely N-dealkylation sites (N-methyl/N-ethyl adjacent to an activating group) is 1. The minimum Gasteiger partial charge on any atom is -0.480 e. The molecule has 1 unspecified atom stereocenters. The number of carboxylic acid groups (broad SMARTS) is 1. The van der Waals surface area contributed by atoms with E-state index in [-0.39, 0.29) is 6.61 Å². The van der Waals surface area contributed by atoms with Gasteiger partial charge in [-0.3, -0.25) is 5.32 Å². The maximum atomic E-state index is 11.8. The molecule has 0 bridgehead atoms. The smallest absolute Gasteiger partial charge is 0.329 e. The molecule has 0 heterocycles. The Morgan fingerprint density at radius 2 is 2.05 bits per heavy atom. The van der Waals surface area contributed by atoms with Gasteiger partial charge in [-0.05, 0) is 24.3 Å². The normalized spacial score (nSPS) is 14.0. The SMILES string of the molecule is CCNC(CSCCCO)(C(=O)O)c1ccccc1. The fourth-order valence-corrected chi connectivity index (χ4v) is 3.09. The van der Waals surface area contributed by atoms with Crippen LogP contribution in [-0.4, -0.2) is 40.8 Å². The van der Waals surface area contributed by atoms with Gasteiger partial charge in [0.1, 0.15) is 0 Å². The molecule has 106 valence electrons. The molecule has 1 aromatic rings. The van der Waals surface area contributed by atoms with Crippen LogP contribution < -0.4 is 5.32 Å². The molecule has 5 heteroatoms. The summed E-state index contributed by atoms with van der Waals surface area (Å²) in [6.45, 7) is 2.63. The largest absolute Gasteiger partial charge is 0.480 e. The van der Waals surface area contributed by atoms with Crippen molar-refractivity contribution in [1.29, 1.82) is 0 Å². The summed E-state index contributed by atoms with van der Waals surface area (Å²) in [5, 5.41) is 21.5. The summed E-state index contributed by atoms with van der Waals surface area (Å²) in [6.07, 6.45) is 0.682. The molecule has 0 amide bonds. The molecule has 0 aromatic heterocycles. The van der Waals surface area contributed by atoms with Crippen molar-refractivity contribution in [1.82, 2.24) is 5.32 Å². The summed E-state index contributed by atoms with van der Waals surface area (Å²) >= 11 is 1.54. The lowest BCUT2D eigenvalue weighted by atomic mass is 9.92. The van der Waals surface area contributed by atoms with Crippen molar-refractivity contribution in [3.05, 3.63) is 35.9 Å². The highest BCUT2D eigenvalue weighted by atomic mass is 32.2. The molecule has 1 atom stereocenters. The third kappa shape index (κ3) is 4.23. The Hall–Kier alpha value is -1.04. The predicted octanol–water partition coefficient (Wildman–Crippen LogP) is 1.69. The van der Waals surface area contributed by atoms with Gasteiger partial charge in [0, 0.05) is 12.4 Å². The van der Waals surface area contributed by atoms with E-state index in [9.17, 15) is 9.90 Å². The van der Waals surface area contributed by atoms with Crippen LogP contribution in [0.4, 0.5) is 0 Å². The van der Waals surface area contributed by atoms with E-state index in [1.807, 2.05) is 37.3 Å². The van der Waals surface area contributed by atoms with Crippen LogP contribution in [-0.2, 0) is 10.3 Å². The lowest BCUT2D eigenvalue weighted by Crippen LogP contribution is -2.51. The zero-order valence-corrected chi connectivity index (χ0v) is 11.9. The van der Waals surface area contributed by atoms with Crippen molar-refractivity contribution >= 4 is 17.7 Å². The van der Waals surface area contributed by atoms with E-state index in [0.29, 0.717) is 18.7 Å². The number of hydrogen-bond donors (Lipinski definition) is 3. The molecule has 0 radical (unpaired) electrons. The lowest BCUT2D eigenvalue weighted by Gasteiger charge is -2.30. The van der Waals surface area contributed by atoms with Gasteiger partial charge in [0.2, 0.25) is 0 Å². The van der Waals surface area contributed by atoms with E-state index < -0.39 is 11.5 Å². The minimum atomic E-state index is -1.06. The van der Waals surface area contributed by atoms with Crippen LogP contribution in [0.25, 0.3) is 0 Å². The molecule has 4 nitrogen and oxygen atoms in total. The lowest BCUT2D eigenvalue weighted by molar-refractivity contribution is -0.144. The van der Waals surface area contributed by atoms with Crippen LogP contribution in [0, 0.1) is 0 Å². The van der Waals surface area contributed by atoms with Gasteiger partial charge in [0.05, 0.1) is 0 Å². The van der Waals surface area contributed by atoms with Gasteiger partial charge < -0.3 is 10.2 Å². The van der Waals surface area contributed by atoms with E-state index in [4.69, 9.17) is 5.11 Å². The maximum absolute atomic E-state index is 11.8. The Balaban J connectivity index is 2.91. The maximum Gasteiger partial charge on any atom is 0.329 e. The molecule has 0 saturated heterocycles. The number of benzene rings is 1. The van der Waals surface area contributed by atoms with Gasteiger partial charge in [-0.25, -0.2) is 4.79 Å². The average molecular weight is 283 g/mol. The Kier molecular flexibility index (Phi) is 6.91. The van der Waals surface area contributed by atoms with E-state index in [0.717, 1.165) is 11.3 Å².